The van der Waals surface area contributed by atoms with Gasteiger partial charge in [0.15, 0.2) is 29.6 Å². The molecule has 1 aliphatic heterocycles. The molecule has 172 valence electrons. The second kappa shape index (κ2) is 10.1. The number of fused-ring (bicyclic) bond motifs is 1. The molecule has 0 aromatic heterocycles. The monoisotopic (exact) mass is 445 g/mol. The molecule has 1 heterocycles. The minimum atomic E-state index is -0.694. The summed E-state index contributed by atoms with van der Waals surface area (Å²) in [4.78, 5) is 27.0. The minimum Gasteiger partial charge on any atom is -0.496 e. The van der Waals surface area contributed by atoms with Gasteiger partial charge in [0.1, 0.15) is 11.3 Å². The first-order valence-corrected chi connectivity index (χ1v) is 9.94. The number of esters is 1. The highest BCUT2D eigenvalue weighted by molar-refractivity contribution is 5.95. The van der Waals surface area contributed by atoms with Gasteiger partial charge in [0.25, 0.3) is 5.91 Å². The van der Waals surface area contributed by atoms with Crippen molar-refractivity contribution in [1.29, 1.82) is 0 Å². The van der Waals surface area contributed by atoms with Crippen LogP contribution in [0.25, 0.3) is 0 Å². The predicted molar refractivity (Wildman–Crippen MR) is 115 cm³/mol. The first-order valence-electron chi connectivity index (χ1n) is 9.94. The Morgan fingerprint density at radius 2 is 1.28 bits per heavy atom. The third-order valence-electron chi connectivity index (χ3n) is 5.32. The second-order valence-corrected chi connectivity index (χ2v) is 7.02. The highest BCUT2D eigenvalue weighted by atomic mass is 16.5. The maximum Gasteiger partial charge on any atom is 0.342 e. The van der Waals surface area contributed by atoms with Crippen LogP contribution in [0.15, 0.2) is 24.3 Å². The van der Waals surface area contributed by atoms with E-state index in [1.165, 1.54) is 33.5 Å². The zero-order chi connectivity index (χ0) is 23.3. The molecule has 2 aromatic carbocycles. The van der Waals surface area contributed by atoms with Gasteiger partial charge in [0, 0.05) is 25.2 Å². The van der Waals surface area contributed by atoms with Crippen LogP contribution in [-0.2, 0) is 22.5 Å². The van der Waals surface area contributed by atoms with E-state index in [9.17, 15) is 9.59 Å². The summed E-state index contributed by atoms with van der Waals surface area (Å²) < 4.78 is 31.7. The number of benzene rings is 2. The molecular formula is C23H27NO8. The molecule has 0 saturated carbocycles. The molecule has 1 aliphatic rings. The van der Waals surface area contributed by atoms with Gasteiger partial charge in [-0.3, -0.25) is 4.79 Å². The lowest BCUT2D eigenvalue weighted by atomic mass is 9.99. The highest BCUT2D eigenvalue weighted by Gasteiger charge is 2.25. The van der Waals surface area contributed by atoms with Crippen LogP contribution in [0, 0.1) is 0 Å². The van der Waals surface area contributed by atoms with Crippen LogP contribution in [0.4, 0.5) is 0 Å². The third kappa shape index (κ3) is 4.66. The number of carbonyl (C=O) groups is 2. The van der Waals surface area contributed by atoms with Gasteiger partial charge in [-0.25, -0.2) is 4.79 Å². The molecule has 0 N–H and O–H groups in total. The molecule has 0 unspecified atom stereocenters. The fourth-order valence-corrected chi connectivity index (χ4v) is 3.58. The van der Waals surface area contributed by atoms with Crippen molar-refractivity contribution in [1.82, 2.24) is 4.90 Å². The van der Waals surface area contributed by atoms with Gasteiger partial charge in [-0.15, -0.1) is 0 Å². The lowest BCUT2D eigenvalue weighted by molar-refractivity contribution is -0.135. The maximum absolute atomic E-state index is 12.7. The molecule has 0 saturated heterocycles. The average Bonchev–Trinajstić information content (AvgIpc) is 2.84. The Morgan fingerprint density at radius 1 is 0.750 bits per heavy atom. The molecule has 9 nitrogen and oxygen atoms in total. The SMILES string of the molecule is COc1cc2c(cc1OC)CN(C(=O)COC(=O)c1cc(OC)c(OC)cc1OC)CC2. The molecule has 0 spiro atoms. The molecule has 0 radical (unpaired) electrons. The van der Waals surface area contributed by atoms with E-state index >= 15 is 0 Å². The van der Waals surface area contributed by atoms with Crippen molar-refractivity contribution in [2.24, 2.45) is 0 Å². The smallest absolute Gasteiger partial charge is 0.342 e. The lowest BCUT2D eigenvalue weighted by Gasteiger charge is -2.29. The molecule has 0 fully saturated rings. The van der Waals surface area contributed by atoms with Crippen molar-refractivity contribution in [2.45, 2.75) is 13.0 Å². The van der Waals surface area contributed by atoms with Gasteiger partial charge in [-0.05, 0) is 29.7 Å². The summed E-state index contributed by atoms with van der Waals surface area (Å²) in [6.07, 6.45) is 0.666. The van der Waals surface area contributed by atoms with Gasteiger partial charge in [0.2, 0.25) is 0 Å². The summed E-state index contributed by atoms with van der Waals surface area (Å²) in [6.45, 7) is 0.517. The molecule has 9 heteroatoms. The van der Waals surface area contributed by atoms with E-state index < -0.39 is 5.97 Å². The van der Waals surface area contributed by atoms with E-state index in [0.717, 1.165) is 11.1 Å². The zero-order valence-electron chi connectivity index (χ0n) is 18.9. The van der Waals surface area contributed by atoms with E-state index in [1.54, 1.807) is 19.1 Å². The second-order valence-electron chi connectivity index (χ2n) is 7.02. The van der Waals surface area contributed by atoms with Crippen LogP contribution in [0.1, 0.15) is 21.5 Å². The van der Waals surface area contributed by atoms with Gasteiger partial charge in [-0.2, -0.15) is 0 Å². The van der Waals surface area contributed by atoms with Crippen LogP contribution in [0.5, 0.6) is 28.7 Å². The maximum atomic E-state index is 12.7. The van der Waals surface area contributed by atoms with E-state index in [2.05, 4.69) is 0 Å². The van der Waals surface area contributed by atoms with Gasteiger partial charge >= 0.3 is 5.97 Å². The Balaban J connectivity index is 1.68. The normalized spacial score (nSPS) is 12.5. The van der Waals surface area contributed by atoms with Crippen LogP contribution in [-0.4, -0.2) is 65.5 Å². The van der Waals surface area contributed by atoms with Crippen molar-refractivity contribution in [3.8, 4) is 28.7 Å². The van der Waals surface area contributed by atoms with Crippen LogP contribution in [0.2, 0.25) is 0 Å². The van der Waals surface area contributed by atoms with E-state index in [4.69, 9.17) is 28.4 Å². The van der Waals surface area contributed by atoms with E-state index in [-0.39, 0.29) is 23.8 Å². The Kier molecular flexibility index (Phi) is 7.29. The largest absolute Gasteiger partial charge is 0.496 e. The average molecular weight is 445 g/mol. The third-order valence-corrected chi connectivity index (χ3v) is 5.32. The van der Waals surface area contributed by atoms with Crippen LogP contribution in [0.3, 0.4) is 0 Å². The van der Waals surface area contributed by atoms with Crippen molar-refractivity contribution >= 4 is 11.9 Å². The number of amides is 1. The molecule has 3 rings (SSSR count). The standard InChI is InChI=1S/C23H27NO8/c1-27-17-11-21(31-5)20(30-4)10-16(17)23(26)32-13-22(25)24-7-6-14-8-18(28-2)19(29-3)9-15(14)12-24/h8-11H,6-7,12-13H2,1-5H3. The molecule has 0 atom stereocenters. The zero-order valence-corrected chi connectivity index (χ0v) is 18.9. The molecular weight excluding hydrogens is 418 g/mol. The summed E-state index contributed by atoms with van der Waals surface area (Å²) in [7, 11) is 7.53. The number of methoxy groups -OCH3 is 5. The van der Waals surface area contributed by atoms with Crippen molar-refractivity contribution in [2.75, 3.05) is 48.7 Å². The Morgan fingerprint density at radius 3 is 1.88 bits per heavy atom. The quantitative estimate of drug-likeness (QED) is 0.572. The fourth-order valence-electron chi connectivity index (χ4n) is 3.58. The Bertz CT molecular complexity index is 1000. The first kappa shape index (κ1) is 23.1. The molecule has 0 aliphatic carbocycles. The Labute approximate surface area is 186 Å². The van der Waals surface area contributed by atoms with Crippen molar-refractivity contribution < 1.29 is 38.0 Å². The van der Waals surface area contributed by atoms with Gasteiger partial charge in [-0.1, -0.05) is 0 Å². The van der Waals surface area contributed by atoms with Gasteiger partial charge in [0.05, 0.1) is 35.5 Å². The van der Waals surface area contributed by atoms with E-state index in [0.29, 0.717) is 42.5 Å². The Hall–Kier alpha value is -3.62. The van der Waals surface area contributed by atoms with Crippen LogP contribution >= 0.6 is 0 Å². The number of hydrogen-bond acceptors (Lipinski definition) is 8. The number of ether oxygens (including phenoxy) is 6. The van der Waals surface area contributed by atoms with Crippen molar-refractivity contribution in [3.63, 3.8) is 0 Å². The number of carbonyl (C=O) groups excluding carboxylic acids is 2. The molecule has 0 bridgehead atoms. The van der Waals surface area contributed by atoms with Crippen LogP contribution < -0.4 is 23.7 Å². The van der Waals surface area contributed by atoms with E-state index in [1.807, 2.05) is 12.1 Å². The first-order chi connectivity index (χ1) is 15.4. The summed E-state index contributed by atoms with van der Waals surface area (Å²) >= 11 is 0. The fraction of sp³-hybridized carbons (Fsp3) is 0.391. The highest BCUT2D eigenvalue weighted by Crippen LogP contribution is 2.35. The summed E-state index contributed by atoms with van der Waals surface area (Å²) in [5, 5.41) is 0. The minimum absolute atomic E-state index is 0.138. The van der Waals surface area contributed by atoms with Crippen molar-refractivity contribution in [3.05, 3.63) is 41.0 Å². The summed E-state index contributed by atoms with van der Waals surface area (Å²) in [6, 6.07) is 6.79. The van der Waals surface area contributed by atoms with Gasteiger partial charge < -0.3 is 33.3 Å². The number of nitrogens with zero attached hydrogens (tertiary/aromatic N) is 1. The summed E-state index contributed by atoms with van der Waals surface area (Å²) in [5.41, 5.74) is 2.20. The molecule has 1 amide bonds. The number of hydrogen-bond donors (Lipinski definition) is 0. The number of rotatable bonds is 8. The lowest BCUT2D eigenvalue weighted by Crippen LogP contribution is -2.38. The molecule has 2 aromatic rings. The summed E-state index contributed by atoms with van der Waals surface area (Å²) in [5.74, 6) is 1.29. The predicted octanol–water partition coefficient (Wildman–Crippen LogP) is 2.47. The topological polar surface area (TPSA) is 92.8 Å². The molecule has 32 heavy (non-hydrogen) atoms.